The molecular formula is C14H19BrN2O3S2. The molecule has 0 N–H and O–H groups in total. The smallest absolute Gasteiger partial charge is 0.232 e. The van der Waals surface area contributed by atoms with E-state index in [1.165, 1.54) is 11.8 Å². The molecule has 2 heterocycles. The zero-order valence-corrected chi connectivity index (χ0v) is 15.6. The second-order valence-electron chi connectivity index (χ2n) is 4.94. The average Bonchev–Trinajstić information content (AvgIpc) is 2.93. The van der Waals surface area contributed by atoms with Gasteiger partial charge in [0.1, 0.15) is 0 Å². The molecule has 22 heavy (non-hydrogen) atoms. The van der Waals surface area contributed by atoms with E-state index in [0.717, 1.165) is 8.66 Å². The Labute approximate surface area is 147 Å². The number of thioether (sulfide) groups is 1. The van der Waals surface area contributed by atoms with Gasteiger partial charge in [-0.05, 0) is 28.1 Å². The zero-order chi connectivity index (χ0) is 15.9. The van der Waals surface area contributed by atoms with Crippen molar-refractivity contribution in [1.82, 2.24) is 9.80 Å². The van der Waals surface area contributed by atoms with Gasteiger partial charge in [0.25, 0.3) is 0 Å². The minimum Gasteiger partial charge on any atom is -0.378 e. The van der Waals surface area contributed by atoms with Crippen LogP contribution in [0, 0.1) is 0 Å². The van der Waals surface area contributed by atoms with Gasteiger partial charge in [0, 0.05) is 25.0 Å². The minimum atomic E-state index is 0.0456. The number of carbonyl (C=O) groups excluding carboxylic acids is 2. The van der Waals surface area contributed by atoms with Gasteiger partial charge in [0.15, 0.2) is 0 Å². The molecule has 0 saturated carbocycles. The third-order valence-electron chi connectivity index (χ3n) is 3.26. The number of rotatable bonds is 6. The first-order valence-corrected chi connectivity index (χ1v) is 9.74. The number of ether oxygens (including phenoxy) is 1. The van der Waals surface area contributed by atoms with Gasteiger partial charge in [-0.25, -0.2) is 0 Å². The summed E-state index contributed by atoms with van der Waals surface area (Å²) in [5, 5.41) is 0. The van der Waals surface area contributed by atoms with Crippen molar-refractivity contribution < 1.29 is 14.3 Å². The van der Waals surface area contributed by atoms with Crippen LogP contribution in [0.1, 0.15) is 4.88 Å². The summed E-state index contributed by atoms with van der Waals surface area (Å²) in [6, 6.07) is 3.99. The monoisotopic (exact) mass is 406 g/mol. The molecule has 0 unspecified atom stereocenters. The molecule has 8 heteroatoms. The standard InChI is InChI=1S/C14H19BrN2O3S2/c1-16(8-11-2-3-12(15)22-11)13(18)9-21-10-14(19)17-4-6-20-7-5-17/h2-3H,4-10H2,1H3. The highest BCUT2D eigenvalue weighted by atomic mass is 79.9. The van der Waals surface area contributed by atoms with Crippen molar-refractivity contribution in [3.63, 3.8) is 0 Å². The number of halogens is 1. The van der Waals surface area contributed by atoms with Crippen LogP contribution in [0.5, 0.6) is 0 Å². The van der Waals surface area contributed by atoms with Crippen LogP contribution in [0.4, 0.5) is 0 Å². The first-order valence-electron chi connectivity index (χ1n) is 6.97. The van der Waals surface area contributed by atoms with E-state index in [-0.39, 0.29) is 11.8 Å². The lowest BCUT2D eigenvalue weighted by molar-refractivity contribution is -0.132. The normalized spacial score (nSPS) is 14.9. The maximum atomic E-state index is 12.1. The highest BCUT2D eigenvalue weighted by molar-refractivity contribution is 9.11. The molecular weight excluding hydrogens is 388 g/mol. The number of carbonyl (C=O) groups is 2. The SMILES string of the molecule is CN(Cc1ccc(Br)s1)C(=O)CSCC(=O)N1CCOCC1. The van der Waals surface area contributed by atoms with Crippen LogP contribution < -0.4 is 0 Å². The molecule has 0 aromatic carbocycles. The molecule has 1 saturated heterocycles. The van der Waals surface area contributed by atoms with Gasteiger partial charge in [-0.1, -0.05) is 0 Å². The van der Waals surface area contributed by atoms with Gasteiger partial charge < -0.3 is 14.5 Å². The van der Waals surface area contributed by atoms with E-state index in [2.05, 4.69) is 15.9 Å². The summed E-state index contributed by atoms with van der Waals surface area (Å²) in [7, 11) is 1.79. The van der Waals surface area contributed by atoms with E-state index in [1.54, 1.807) is 28.2 Å². The van der Waals surface area contributed by atoms with Crippen molar-refractivity contribution in [2.45, 2.75) is 6.54 Å². The highest BCUT2D eigenvalue weighted by Crippen LogP contribution is 2.23. The topological polar surface area (TPSA) is 49.9 Å². The van der Waals surface area contributed by atoms with Gasteiger partial charge in [0.05, 0.1) is 35.1 Å². The maximum Gasteiger partial charge on any atom is 0.232 e. The lowest BCUT2D eigenvalue weighted by Gasteiger charge is -2.26. The molecule has 2 rings (SSSR count). The number of thiophene rings is 1. The summed E-state index contributed by atoms with van der Waals surface area (Å²) in [6.07, 6.45) is 0. The fourth-order valence-electron chi connectivity index (χ4n) is 2.00. The van der Waals surface area contributed by atoms with Crippen LogP contribution in [0.2, 0.25) is 0 Å². The van der Waals surface area contributed by atoms with E-state index in [4.69, 9.17) is 4.74 Å². The molecule has 2 amide bonds. The second-order valence-corrected chi connectivity index (χ2v) is 8.47. The lowest BCUT2D eigenvalue weighted by Crippen LogP contribution is -2.41. The summed E-state index contributed by atoms with van der Waals surface area (Å²) in [5.41, 5.74) is 0. The van der Waals surface area contributed by atoms with Gasteiger partial charge >= 0.3 is 0 Å². The molecule has 0 atom stereocenters. The summed E-state index contributed by atoms with van der Waals surface area (Å²) in [5.74, 6) is 0.818. The molecule has 1 aromatic heterocycles. The third kappa shape index (κ3) is 5.57. The number of morpholine rings is 1. The summed E-state index contributed by atoms with van der Waals surface area (Å²) in [6.45, 7) is 3.12. The Kier molecular flexibility index (Phi) is 7.20. The summed E-state index contributed by atoms with van der Waals surface area (Å²) < 4.78 is 6.28. The zero-order valence-electron chi connectivity index (χ0n) is 12.4. The Hall–Kier alpha value is -0.570. The Morgan fingerprint density at radius 2 is 2.09 bits per heavy atom. The van der Waals surface area contributed by atoms with Gasteiger partial charge in [-0.2, -0.15) is 0 Å². The molecule has 5 nitrogen and oxygen atoms in total. The van der Waals surface area contributed by atoms with E-state index >= 15 is 0 Å². The fourth-order valence-corrected chi connectivity index (χ4v) is 4.39. The Balaban J connectivity index is 1.67. The first kappa shape index (κ1) is 17.8. The molecule has 1 aromatic rings. The Morgan fingerprint density at radius 1 is 1.36 bits per heavy atom. The van der Waals surface area contributed by atoms with Crippen molar-refractivity contribution in [3.8, 4) is 0 Å². The van der Waals surface area contributed by atoms with Crippen LogP contribution in [0.15, 0.2) is 15.9 Å². The molecule has 0 radical (unpaired) electrons. The third-order valence-corrected chi connectivity index (χ3v) is 5.77. The van der Waals surface area contributed by atoms with Crippen molar-refractivity contribution in [3.05, 3.63) is 20.8 Å². The lowest BCUT2D eigenvalue weighted by atomic mass is 10.4. The van der Waals surface area contributed by atoms with Crippen LogP contribution >= 0.6 is 39.0 Å². The quantitative estimate of drug-likeness (QED) is 0.725. The van der Waals surface area contributed by atoms with Crippen molar-refractivity contribution >= 4 is 50.8 Å². The molecule has 0 aliphatic carbocycles. The summed E-state index contributed by atoms with van der Waals surface area (Å²) in [4.78, 5) is 28.7. The number of amides is 2. The number of nitrogens with zero attached hydrogens (tertiary/aromatic N) is 2. The predicted octanol–water partition coefficient (Wildman–Crippen LogP) is 2.06. The Morgan fingerprint density at radius 3 is 2.73 bits per heavy atom. The molecule has 1 fully saturated rings. The molecule has 0 spiro atoms. The van der Waals surface area contributed by atoms with E-state index < -0.39 is 0 Å². The second kappa shape index (κ2) is 8.90. The van der Waals surface area contributed by atoms with Gasteiger partial charge in [0.2, 0.25) is 11.8 Å². The van der Waals surface area contributed by atoms with E-state index in [0.29, 0.717) is 44.4 Å². The largest absolute Gasteiger partial charge is 0.378 e. The van der Waals surface area contributed by atoms with Crippen molar-refractivity contribution in [1.29, 1.82) is 0 Å². The van der Waals surface area contributed by atoms with Crippen LogP contribution in [-0.2, 0) is 20.9 Å². The number of hydrogen-bond acceptors (Lipinski definition) is 5. The minimum absolute atomic E-state index is 0.0456. The van der Waals surface area contributed by atoms with Crippen LogP contribution in [0.3, 0.4) is 0 Å². The Bertz CT molecular complexity index is 518. The molecule has 0 bridgehead atoms. The van der Waals surface area contributed by atoms with Crippen LogP contribution in [0.25, 0.3) is 0 Å². The van der Waals surface area contributed by atoms with Crippen molar-refractivity contribution in [2.24, 2.45) is 0 Å². The van der Waals surface area contributed by atoms with Gasteiger partial charge in [-0.15, -0.1) is 23.1 Å². The highest BCUT2D eigenvalue weighted by Gasteiger charge is 2.17. The molecule has 1 aliphatic heterocycles. The van der Waals surface area contributed by atoms with Gasteiger partial charge in [-0.3, -0.25) is 9.59 Å². The summed E-state index contributed by atoms with van der Waals surface area (Å²) >= 11 is 6.42. The van der Waals surface area contributed by atoms with E-state index in [1.807, 2.05) is 12.1 Å². The van der Waals surface area contributed by atoms with Crippen molar-refractivity contribution in [2.75, 3.05) is 44.9 Å². The first-order chi connectivity index (χ1) is 10.6. The van der Waals surface area contributed by atoms with E-state index in [9.17, 15) is 9.59 Å². The molecule has 1 aliphatic rings. The predicted molar refractivity (Wildman–Crippen MR) is 93.2 cm³/mol. The average molecular weight is 407 g/mol. The number of hydrogen-bond donors (Lipinski definition) is 0. The maximum absolute atomic E-state index is 12.1. The molecule has 122 valence electrons. The fraction of sp³-hybridized carbons (Fsp3) is 0.571. The van der Waals surface area contributed by atoms with Crippen LogP contribution in [-0.4, -0.2) is 66.5 Å².